The monoisotopic (exact) mass is 241 g/mol. The molecule has 0 bridgehead atoms. The Kier molecular flexibility index (Phi) is 5.26. The molecular formula is C14H27NO2. The van der Waals surface area contributed by atoms with Crippen LogP contribution in [-0.4, -0.2) is 49.5 Å². The quantitative estimate of drug-likeness (QED) is 0.690. The van der Waals surface area contributed by atoms with Gasteiger partial charge in [-0.1, -0.05) is 6.42 Å². The van der Waals surface area contributed by atoms with Crippen molar-refractivity contribution in [1.82, 2.24) is 4.90 Å². The van der Waals surface area contributed by atoms with Crippen molar-refractivity contribution in [1.29, 1.82) is 0 Å². The predicted molar refractivity (Wildman–Crippen MR) is 69.3 cm³/mol. The summed E-state index contributed by atoms with van der Waals surface area (Å²) in [6.45, 7) is 8.33. The van der Waals surface area contributed by atoms with Crippen LogP contribution in [0, 0.1) is 0 Å². The third-order valence-electron chi connectivity index (χ3n) is 4.20. The first-order valence-corrected chi connectivity index (χ1v) is 7.22. The molecule has 3 atom stereocenters. The van der Waals surface area contributed by atoms with Crippen molar-refractivity contribution in [2.75, 3.05) is 26.4 Å². The second-order valence-corrected chi connectivity index (χ2v) is 5.58. The maximum absolute atomic E-state index is 5.75. The van der Waals surface area contributed by atoms with Crippen LogP contribution in [0.25, 0.3) is 0 Å². The van der Waals surface area contributed by atoms with Gasteiger partial charge in [0.1, 0.15) is 0 Å². The number of ether oxygens (including phenoxy) is 2. The summed E-state index contributed by atoms with van der Waals surface area (Å²) in [7, 11) is 0. The van der Waals surface area contributed by atoms with Crippen LogP contribution in [0.5, 0.6) is 0 Å². The number of hydrogen-bond donors (Lipinski definition) is 0. The van der Waals surface area contributed by atoms with Crippen molar-refractivity contribution in [3.05, 3.63) is 0 Å². The molecule has 2 saturated heterocycles. The van der Waals surface area contributed by atoms with E-state index in [1.54, 1.807) is 0 Å². The third-order valence-corrected chi connectivity index (χ3v) is 4.20. The van der Waals surface area contributed by atoms with E-state index in [2.05, 4.69) is 18.7 Å². The van der Waals surface area contributed by atoms with Crippen LogP contribution in [0.15, 0.2) is 0 Å². The summed E-state index contributed by atoms with van der Waals surface area (Å²) in [5.41, 5.74) is 0. The molecule has 0 aromatic rings. The van der Waals surface area contributed by atoms with Gasteiger partial charge in [-0.3, -0.25) is 4.90 Å². The zero-order chi connectivity index (χ0) is 12.1. The van der Waals surface area contributed by atoms with E-state index in [1.807, 2.05) is 0 Å². The summed E-state index contributed by atoms with van der Waals surface area (Å²) in [5.74, 6) is 0. The van der Waals surface area contributed by atoms with Gasteiger partial charge >= 0.3 is 0 Å². The molecule has 3 nitrogen and oxygen atoms in total. The fourth-order valence-electron chi connectivity index (χ4n) is 3.08. The van der Waals surface area contributed by atoms with Gasteiger partial charge in [-0.2, -0.15) is 0 Å². The van der Waals surface area contributed by atoms with E-state index in [-0.39, 0.29) is 0 Å². The fraction of sp³-hybridized carbons (Fsp3) is 1.00. The van der Waals surface area contributed by atoms with Gasteiger partial charge in [0, 0.05) is 25.2 Å². The Balaban J connectivity index is 1.59. The highest BCUT2D eigenvalue weighted by Gasteiger charge is 2.24. The van der Waals surface area contributed by atoms with Gasteiger partial charge in [0.15, 0.2) is 0 Å². The lowest BCUT2D eigenvalue weighted by molar-refractivity contribution is -0.00184. The first kappa shape index (κ1) is 13.3. The van der Waals surface area contributed by atoms with Crippen LogP contribution >= 0.6 is 0 Å². The Labute approximate surface area is 105 Å². The van der Waals surface area contributed by atoms with Gasteiger partial charge in [-0.25, -0.2) is 0 Å². The Morgan fingerprint density at radius 2 is 1.88 bits per heavy atom. The Morgan fingerprint density at radius 1 is 1.12 bits per heavy atom. The van der Waals surface area contributed by atoms with Crippen molar-refractivity contribution in [2.24, 2.45) is 0 Å². The topological polar surface area (TPSA) is 21.7 Å². The van der Waals surface area contributed by atoms with Crippen molar-refractivity contribution in [2.45, 2.75) is 64.1 Å². The fourth-order valence-corrected chi connectivity index (χ4v) is 3.08. The minimum atomic E-state index is 0.367. The molecule has 0 aromatic heterocycles. The smallest absolute Gasteiger partial charge is 0.0809 e. The van der Waals surface area contributed by atoms with E-state index in [0.29, 0.717) is 6.10 Å². The molecule has 2 fully saturated rings. The number of nitrogens with zero attached hydrogens (tertiary/aromatic N) is 1. The highest BCUT2D eigenvalue weighted by molar-refractivity contribution is 4.79. The molecule has 0 aromatic carbocycles. The molecule has 2 heterocycles. The summed E-state index contributed by atoms with van der Waals surface area (Å²) in [5, 5.41) is 0. The van der Waals surface area contributed by atoms with Gasteiger partial charge in [-0.05, 0) is 39.5 Å². The number of likely N-dealkylation sites (tertiary alicyclic amines) is 1. The molecule has 100 valence electrons. The molecule has 3 unspecified atom stereocenters. The molecule has 0 N–H and O–H groups in total. The molecule has 0 spiro atoms. The molecular weight excluding hydrogens is 214 g/mol. The molecule has 0 aliphatic carbocycles. The number of piperidine rings is 1. The molecule has 0 radical (unpaired) electrons. The third kappa shape index (κ3) is 3.94. The first-order valence-electron chi connectivity index (χ1n) is 7.22. The largest absolute Gasteiger partial charge is 0.377 e. The van der Waals surface area contributed by atoms with Crippen LogP contribution in [0.3, 0.4) is 0 Å². The minimum Gasteiger partial charge on any atom is -0.377 e. The van der Waals surface area contributed by atoms with Gasteiger partial charge < -0.3 is 9.47 Å². The summed E-state index contributed by atoms with van der Waals surface area (Å²) < 4.78 is 11.3. The highest BCUT2D eigenvalue weighted by Crippen LogP contribution is 2.21. The van der Waals surface area contributed by atoms with Crippen LogP contribution < -0.4 is 0 Å². The molecule has 3 heteroatoms. The van der Waals surface area contributed by atoms with Crippen molar-refractivity contribution >= 4 is 0 Å². The summed E-state index contributed by atoms with van der Waals surface area (Å²) >= 11 is 0. The molecule has 0 amide bonds. The molecule has 2 rings (SSSR count). The van der Waals surface area contributed by atoms with Gasteiger partial charge in [0.05, 0.1) is 19.3 Å². The van der Waals surface area contributed by atoms with Crippen LogP contribution in [0.1, 0.15) is 46.0 Å². The minimum absolute atomic E-state index is 0.367. The summed E-state index contributed by atoms with van der Waals surface area (Å²) in [6.07, 6.45) is 6.82. The zero-order valence-corrected chi connectivity index (χ0v) is 11.4. The first-order chi connectivity index (χ1) is 8.27. The van der Waals surface area contributed by atoms with Crippen LogP contribution in [0.4, 0.5) is 0 Å². The maximum Gasteiger partial charge on any atom is 0.0809 e. The number of rotatable bonds is 5. The maximum atomic E-state index is 5.75. The molecule has 0 saturated carbocycles. The van der Waals surface area contributed by atoms with Crippen LogP contribution in [0.2, 0.25) is 0 Å². The second-order valence-electron chi connectivity index (χ2n) is 5.58. The Bertz CT molecular complexity index is 206. The Morgan fingerprint density at radius 3 is 2.53 bits per heavy atom. The lowest BCUT2D eigenvalue weighted by atomic mass is 9.98. The van der Waals surface area contributed by atoms with Crippen molar-refractivity contribution in [3.8, 4) is 0 Å². The zero-order valence-electron chi connectivity index (χ0n) is 11.4. The Hall–Kier alpha value is -0.120. The lowest BCUT2D eigenvalue weighted by Crippen LogP contribution is -2.45. The van der Waals surface area contributed by atoms with E-state index in [9.17, 15) is 0 Å². The van der Waals surface area contributed by atoms with E-state index >= 15 is 0 Å². The average Bonchev–Trinajstić information content (AvgIpc) is 2.80. The van der Waals surface area contributed by atoms with E-state index in [4.69, 9.17) is 9.47 Å². The highest BCUT2D eigenvalue weighted by atomic mass is 16.5. The van der Waals surface area contributed by atoms with Crippen molar-refractivity contribution < 1.29 is 9.47 Å². The SMILES string of the molecule is CC1CCCC(C)N1CCOCC1CCCO1. The second kappa shape index (κ2) is 6.72. The van der Waals surface area contributed by atoms with E-state index in [0.717, 1.165) is 38.4 Å². The van der Waals surface area contributed by atoms with E-state index < -0.39 is 0 Å². The average molecular weight is 241 g/mol. The van der Waals surface area contributed by atoms with Gasteiger partial charge in [-0.15, -0.1) is 0 Å². The van der Waals surface area contributed by atoms with Gasteiger partial charge in [0.25, 0.3) is 0 Å². The van der Waals surface area contributed by atoms with Crippen molar-refractivity contribution in [3.63, 3.8) is 0 Å². The standard InChI is InChI=1S/C14H27NO2/c1-12-5-3-6-13(2)15(12)8-10-16-11-14-7-4-9-17-14/h12-14H,3-11H2,1-2H3. The predicted octanol–water partition coefficient (Wildman–Crippen LogP) is 2.44. The lowest BCUT2D eigenvalue weighted by Gasteiger charge is -2.38. The normalized spacial score (nSPS) is 35.3. The molecule has 2 aliphatic heterocycles. The van der Waals surface area contributed by atoms with E-state index in [1.165, 1.54) is 32.1 Å². The number of hydrogen-bond acceptors (Lipinski definition) is 3. The van der Waals surface area contributed by atoms with Gasteiger partial charge in [0.2, 0.25) is 0 Å². The molecule has 17 heavy (non-hydrogen) atoms. The summed E-state index contributed by atoms with van der Waals surface area (Å²) in [6, 6.07) is 1.45. The molecule has 2 aliphatic rings. The summed E-state index contributed by atoms with van der Waals surface area (Å²) in [4.78, 5) is 2.60. The van der Waals surface area contributed by atoms with Crippen LogP contribution in [-0.2, 0) is 9.47 Å².